The molecule has 2 aliphatic rings. The Bertz CT molecular complexity index is 562. The maximum absolute atomic E-state index is 12.5. The topological polar surface area (TPSA) is 95.7 Å². The number of fused-ring (bicyclic) bond motifs is 1. The molecule has 0 aromatic carbocycles. The minimum absolute atomic E-state index is 0.0276. The van der Waals surface area contributed by atoms with Crippen molar-refractivity contribution in [1.29, 1.82) is 0 Å². The first-order valence-corrected chi connectivity index (χ1v) is 6.87. The third-order valence-corrected chi connectivity index (χ3v) is 3.83. The molecule has 0 radical (unpaired) electrons. The smallest absolute Gasteiger partial charge is 0.356 e. The number of carbonyl (C=O) groups excluding carboxylic acids is 1. The molecule has 7 nitrogen and oxygen atoms in total. The van der Waals surface area contributed by atoms with Crippen molar-refractivity contribution in [3.8, 4) is 0 Å². The zero-order chi connectivity index (χ0) is 14.3. The Morgan fingerprint density at radius 2 is 2.10 bits per heavy atom. The number of aliphatic hydroxyl groups is 1. The Labute approximate surface area is 115 Å². The van der Waals surface area contributed by atoms with Crippen LogP contribution in [-0.4, -0.2) is 56.5 Å². The lowest BCUT2D eigenvalue weighted by Gasteiger charge is -2.27. The van der Waals surface area contributed by atoms with Gasteiger partial charge in [-0.1, -0.05) is 0 Å². The molecule has 1 amide bonds. The fraction of sp³-hybridized carbons (Fsp3) is 0.615. The molecule has 0 spiro atoms. The maximum atomic E-state index is 12.5. The average Bonchev–Trinajstić information content (AvgIpc) is 3.18. The molecule has 1 saturated carbocycles. The quantitative estimate of drug-likeness (QED) is 0.808. The molecule has 1 aliphatic carbocycles. The third-order valence-electron chi connectivity index (χ3n) is 3.83. The van der Waals surface area contributed by atoms with Crippen molar-refractivity contribution in [3.05, 3.63) is 17.0 Å². The summed E-state index contributed by atoms with van der Waals surface area (Å²) in [5.41, 5.74) is 1.07. The zero-order valence-corrected chi connectivity index (χ0v) is 11.1. The van der Waals surface area contributed by atoms with Crippen molar-refractivity contribution in [1.82, 2.24) is 14.7 Å². The number of aromatic carboxylic acids is 1. The molecule has 3 rings (SSSR count). The lowest BCUT2D eigenvalue weighted by Crippen LogP contribution is -2.41. The van der Waals surface area contributed by atoms with E-state index in [9.17, 15) is 14.7 Å². The highest BCUT2D eigenvalue weighted by atomic mass is 16.4. The summed E-state index contributed by atoms with van der Waals surface area (Å²) in [6.07, 6.45) is 2.37. The number of carbonyl (C=O) groups is 2. The summed E-state index contributed by atoms with van der Waals surface area (Å²) in [7, 11) is 0. The first kappa shape index (κ1) is 13.1. The fourth-order valence-corrected chi connectivity index (χ4v) is 2.72. The SMILES string of the molecule is O=C(O)c1nn2c(c1C1CC1)C(=O)N(CCCO)CC2. The van der Waals surface area contributed by atoms with Gasteiger partial charge in [-0.15, -0.1) is 0 Å². The number of aromatic nitrogens is 2. The Morgan fingerprint density at radius 1 is 1.35 bits per heavy atom. The molecule has 2 N–H and O–H groups in total. The van der Waals surface area contributed by atoms with Gasteiger partial charge in [-0.2, -0.15) is 5.10 Å². The minimum atomic E-state index is -1.07. The number of hydrogen-bond acceptors (Lipinski definition) is 4. The van der Waals surface area contributed by atoms with Crippen LogP contribution in [0.4, 0.5) is 0 Å². The molecular formula is C13H17N3O4. The van der Waals surface area contributed by atoms with E-state index in [1.807, 2.05) is 0 Å². The second kappa shape index (κ2) is 4.90. The highest BCUT2D eigenvalue weighted by Crippen LogP contribution is 2.44. The van der Waals surface area contributed by atoms with E-state index < -0.39 is 5.97 Å². The molecule has 1 aromatic heterocycles. The first-order chi connectivity index (χ1) is 9.63. The number of amides is 1. The minimum Gasteiger partial charge on any atom is -0.476 e. The Kier molecular flexibility index (Phi) is 3.21. The molecule has 0 saturated heterocycles. The van der Waals surface area contributed by atoms with Crippen LogP contribution in [0.15, 0.2) is 0 Å². The highest BCUT2D eigenvalue weighted by molar-refractivity contribution is 5.99. The Morgan fingerprint density at radius 3 is 2.70 bits per heavy atom. The van der Waals surface area contributed by atoms with E-state index >= 15 is 0 Å². The second-order valence-corrected chi connectivity index (χ2v) is 5.28. The van der Waals surface area contributed by atoms with Crippen molar-refractivity contribution < 1.29 is 19.8 Å². The molecule has 1 aliphatic heterocycles. The molecule has 1 fully saturated rings. The predicted octanol–water partition coefficient (Wildman–Crippen LogP) is 0.297. The van der Waals surface area contributed by atoms with E-state index in [1.165, 1.54) is 4.68 Å². The summed E-state index contributed by atoms with van der Waals surface area (Å²) in [4.78, 5) is 25.5. The van der Waals surface area contributed by atoms with Crippen molar-refractivity contribution in [2.24, 2.45) is 0 Å². The fourth-order valence-electron chi connectivity index (χ4n) is 2.72. The lowest BCUT2D eigenvalue weighted by atomic mass is 10.1. The van der Waals surface area contributed by atoms with Gasteiger partial charge in [-0.25, -0.2) is 4.79 Å². The van der Waals surface area contributed by atoms with Gasteiger partial charge in [-0.3, -0.25) is 9.48 Å². The van der Waals surface area contributed by atoms with Gasteiger partial charge in [-0.05, 0) is 25.2 Å². The molecule has 2 heterocycles. The number of carboxylic acid groups (broad SMARTS) is 1. The van der Waals surface area contributed by atoms with Crippen LogP contribution in [0.2, 0.25) is 0 Å². The van der Waals surface area contributed by atoms with Gasteiger partial charge >= 0.3 is 5.97 Å². The van der Waals surface area contributed by atoms with Gasteiger partial charge in [0, 0.05) is 25.3 Å². The van der Waals surface area contributed by atoms with E-state index in [2.05, 4.69) is 5.10 Å². The molecule has 0 bridgehead atoms. The third kappa shape index (κ3) is 2.07. The van der Waals surface area contributed by atoms with Gasteiger partial charge in [0.15, 0.2) is 5.69 Å². The summed E-state index contributed by atoms with van der Waals surface area (Å²) in [5, 5.41) is 22.2. The summed E-state index contributed by atoms with van der Waals surface area (Å²) in [5.74, 6) is -1.07. The number of hydrogen-bond donors (Lipinski definition) is 2. The number of carboxylic acids is 1. The number of aliphatic hydroxyl groups excluding tert-OH is 1. The highest BCUT2D eigenvalue weighted by Gasteiger charge is 2.39. The van der Waals surface area contributed by atoms with Crippen molar-refractivity contribution in [2.75, 3.05) is 19.7 Å². The van der Waals surface area contributed by atoms with Crippen LogP contribution in [0.1, 0.15) is 51.7 Å². The standard InChI is InChI=1S/C13H17N3O4/c17-7-1-4-15-5-6-16-11(12(15)18)9(8-2-3-8)10(14-16)13(19)20/h8,17H,1-7H2,(H,19,20). The Hall–Kier alpha value is -1.89. The number of rotatable bonds is 5. The van der Waals surface area contributed by atoms with Gasteiger partial charge in [0.1, 0.15) is 5.69 Å². The van der Waals surface area contributed by atoms with Crippen molar-refractivity contribution >= 4 is 11.9 Å². The van der Waals surface area contributed by atoms with Crippen molar-refractivity contribution in [2.45, 2.75) is 31.7 Å². The van der Waals surface area contributed by atoms with Crippen LogP contribution in [-0.2, 0) is 6.54 Å². The molecule has 108 valence electrons. The van der Waals surface area contributed by atoms with E-state index in [0.29, 0.717) is 37.3 Å². The molecule has 0 atom stereocenters. The summed E-state index contributed by atoms with van der Waals surface area (Å²) in [6, 6.07) is 0. The van der Waals surface area contributed by atoms with Gasteiger partial charge in [0.25, 0.3) is 5.91 Å². The van der Waals surface area contributed by atoms with Crippen LogP contribution in [0.3, 0.4) is 0 Å². The normalized spacial score (nSPS) is 18.2. The summed E-state index contributed by atoms with van der Waals surface area (Å²) >= 11 is 0. The van der Waals surface area contributed by atoms with Gasteiger partial charge in [0.2, 0.25) is 0 Å². The Balaban J connectivity index is 1.98. The van der Waals surface area contributed by atoms with Crippen LogP contribution in [0.25, 0.3) is 0 Å². The maximum Gasteiger partial charge on any atom is 0.356 e. The molecule has 20 heavy (non-hydrogen) atoms. The first-order valence-electron chi connectivity index (χ1n) is 6.87. The van der Waals surface area contributed by atoms with Crippen LogP contribution < -0.4 is 0 Å². The zero-order valence-electron chi connectivity index (χ0n) is 11.1. The summed E-state index contributed by atoms with van der Waals surface area (Å²) < 4.78 is 1.54. The van der Waals surface area contributed by atoms with Gasteiger partial charge < -0.3 is 15.1 Å². The van der Waals surface area contributed by atoms with Crippen LogP contribution in [0.5, 0.6) is 0 Å². The molecule has 1 aromatic rings. The lowest BCUT2D eigenvalue weighted by molar-refractivity contribution is 0.0671. The van der Waals surface area contributed by atoms with E-state index in [-0.39, 0.29) is 24.1 Å². The van der Waals surface area contributed by atoms with Crippen LogP contribution in [0, 0.1) is 0 Å². The molecule has 7 heteroatoms. The van der Waals surface area contributed by atoms with E-state index in [4.69, 9.17) is 5.11 Å². The van der Waals surface area contributed by atoms with E-state index in [0.717, 1.165) is 12.8 Å². The monoisotopic (exact) mass is 279 g/mol. The number of nitrogens with zero attached hydrogens (tertiary/aromatic N) is 3. The molecular weight excluding hydrogens is 262 g/mol. The average molecular weight is 279 g/mol. The van der Waals surface area contributed by atoms with E-state index in [1.54, 1.807) is 4.90 Å². The largest absolute Gasteiger partial charge is 0.476 e. The van der Waals surface area contributed by atoms with Gasteiger partial charge in [0.05, 0.1) is 6.54 Å². The predicted molar refractivity (Wildman–Crippen MR) is 68.8 cm³/mol. The van der Waals surface area contributed by atoms with Crippen LogP contribution >= 0.6 is 0 Å². The molecule has 0 unspecified atom stereocenters. The second-order valence-electron chi connectivity index (χ2n) is 5.28. The van der Waals surface area contributed by atoms with Crippen molar-refractivity contribution in [3.63, 3.8) is 0 Å². The summed E-state index contributed by atoms with van der Waals surface area (Å²) in [6.45, 7) is 1.56.